The van der Waals surface area contributed by atoms with Gasteiger partial charge in [0, 0.05) is 34.1 Å². The highest BCUT2D eigenvalue weighted by molar-refractivity contribution is 14.1. The van der Waals surface area contributed by atoms with Crippen LogP contribution in [0.4, 0.5) is 10.1 Å². The highest BCUT2D eigenvalue weighted by Gasteiger charge is 2.66. The number of halogens is 2. The Balaban J connectivity index is 1.50. The van der Waals surface area contributed by atoms with Gasteiger partial charge in [0.1, 0.15) is 5.67 Å². The van der Waals surface area contributed by atoms with Crippen molar-refractivity contribution in [2.75, 3.05) is 18.1 Å². The number of fused-ring (bicyclic) bond motifs is 2. The number of aliphatic hydroxyl groups is 1. The maximum atomic E-state index is 16.0. The molecule has 8 heteroatoms. The molecule has 0 aromatic heterocycles. The predicted molar refractivity (Wildman–Crippen MR) is 165 cm³/mol. The van der Waals surface area contributed by atoms with Gasteiger partial charge in [-0.3, -0.25) is 9.59 Å². The number of amides is 2. The van der Waals surface area contributed by atoms with Gasteiger partial charge in [0.25, 0.3) is 5.91 Å². The lowest BCUT2D eigenvalue weighted by Gasteiger charge is -2.32. The number of benzene rings is 3. The zero-order valence-electron chi connectivity index (χ0n) is 23.6. The normalized spacial score (nSPS) is 23.7. The van der Waals surface area contributed by atoms with E-state index in [9.17, 15) is 14.7 Å². The topological polar surface area (TPSA) is 70.1 Å². The first-order valence-electron chi connectivity index (χ1n) is 14.0. The second-order valence-corrected chi connectivity index (χ2v) is 12.8. The van der Waals surface area contributed by atoms with E-state index in [1.807, 2.05) is 85.8 Å². The van der Waals surface area contributed by atoms with Crippen molar-refractivity contribution < 1.29 is 23.8 Å². The molecule has 5 rings (SSSR count). The molecule has 3 aromatic rings. The molecule has 1 saturated heterocycles. The van der Waals surface area contributed by atoms with Gasteiger partial charge in [-0.25, -0.2) is 4.39 Å². The summed E-state index contributed by atoms with van der Waals surface area (Å²) >= 11 is 2.22. The van der Waals surface area contributed by atoms with Crippen LogP contribution in [0.1, 0.15) is 43.9 Å². The van der Waals surface area contributed by atoms with Crippen LogP contribution < -0.4 is 4.90 Å². The molecule has 2 amide bonds. The molecule has 0 unspecified atom stereocenters. The van der Waals surface area contributed by atoms with Gasteiger partial charge >= 0.3 is 0 Å². The van der Waals surface area contributed by atoms with Gasteiger partial charge < -0.3 is 19.6 Å². The molecule has 1 fully saturated rings. The predicted octanol–water partition coefficient (Wildman–Crippen LogP) is 5.84. The van der Waals surface area contributed by atoms with Crippen molar-refractivity contribution in [3.63, 3.8) is 0 Å². The number of alkyl halides is 1. The summed E-state index contributed by atoms with van der Waals surface area (Å²) in [5.41, 5.74) is 0.246. The molecule has 1 spiro atoms. The van der Waals surface area contributed by atoms with E-state index in [4.69, 9.17) is 4.74 Å². The fraction of sp³-hybridized carbons (Fsp3) is 0.394. The molecule has 2 aliphatic heterocycles. The van der Waals surface area contributed by atoms with Gasteiger partial charge in [0.2, 0.25) is 5.91 Å². The lowest BCUT2D eigenvalue weighted by molar-refractivity contribution is -0.150. The van der Waals surface area contributed by atoms with E-state index >= 15 is 4.39 Å². The fourth-order valence-corrected chi connectivity index (χ4v) is 7.15. The molecular formula is C33H36FIN2O4. The van der Waals surface area contributed by atoms with Crippen LogP contribution in [0.3, 0.4) is 0 Å². The number of carbonyl (C=O) groups is 2. The Morgan fingerprint density at radius 3 is 2.32 bits per heavy atom. The van der Waals surface area contributed by atoms with Gasteiger partial charge in [0.15, 0.2) is 5.60 Å². The van der Waals surface area contributed by atoms with E-state index < -0.39 is 29.2 Å². The number of aliphatic hydroxyl groups excluding tert-OH is 1. The number of hydrogen-bond donors (Lipinski definition) is 1. The largest absolute Gasteiger partial charge is 0.395 e. The first kappa shape index (κ1) is 29.7. The van der Waals surface area contributed by atoms with E-state index in [-0.39, 0.29) is 31.4 Å². The van der Waals surface area contributed by atoms with Crippen molar-refractivity contribution in [3.8, 4) is 0 Å². The number of anilines is 1. The third-order valence-electron chi connectivity index (χ3n) is 8.42. The molecule has 41 heavy (non-hydrogen) atoms. The summed E-state index contributed by atoms with van der Waals surface area (Å²) in [5, 5.41) is 9.70. The summed E-state index contributed by atoms with van der Waals surface area (Å²) in [6.45, 7) is 5.51. The van der Waals surface area contributed by atoms with Crippen LogP contribution in [-0.4, -0.2) is 46.7 Å². The van der Waals surface area contributed by atoms with Crippen LogP contribution in [0.15, 0.2) is 78.9 Å². The highest BCUT2D eigenvalue weighted by atomic mass is 127. The summed E-state index contributed by atoms with van der Waals surface area (Å²) in [6.07, 6.45) is -0.928. The summed E-state index contributed by atoms with van der Waals surface area (Å²) in [6, 6.07) is 25.1. The lowest BCUT2D eigenvalue weighted by Crippen LogP contribution is -2.45. The van der Waals surface area contributed by atoms with Crippen molar-refractivity contribution in [2.24, 2.45) is 11.8 Å². The van der Waals surface area contributed by atoms with Gasteiger partial charge in [-0.15, -0.1) is 0 Å². The minimum atomic E-state index is -1.72. The first-order chi connectivity index (χ1) is 19.6. The molecular weight excluding hydrogens is 634 g/mol. The molecule has 0 saturated carbocycles. The number of rotatable bonds is 9. The Labute approximate surface area is 254 Å². The van der Waals surface area contributed by atoms with Crippen LogP contribution in [0, 0.1) is 15.4 Å². The molecule has 4 atom stereocenters. The number of carbonyl (C=O) groups excluding carboxylic acids is 2. The van der Waals surface area contributed by atoms with Gasteiger partial charge in [-0.05, 0) is 65.8 Å². The van der Waals surface area contributed by atoms with E-state index in [0.717, 1.165) is 25.9 Å². The molecule has 0 bridgehead atoms. The number of ether oxygens (including phenoxy) is 1. The zero-order chi connectivity index (χ0) is 29.4. The van der Waals surface area contributed by atoms with Crippen LogP contribution >= 0.6 is 22.6 Å². The molecule has 216 valence electrons. The number of nitrogens with zero attached hydrogens (tertiary/aromatic N) is 2. The maximum absolute atomic E-state index is 16.0. The SMILES string of the molecule is C[C@H]1[C@H](C(C)(C)F)[C@@H](CC(=O)N(CCO)Cc2ccccc2)O[C@]12C(=O)N(Cc1ccccc1)c1ccc(I)cc12. The molecule has 1 N–H and O–H groups in total. The van der Waals surface area contributed by atoms with Crippen molar-refractivity contribution in [3.05, 3.63) is 99.1 Å². The Hall–Kier alpha value is -2.82. The van der Waals surface area contributed by atoms with E-state index in [1.54, 1.807) is 9.80 Å². The fourth-order valence-electron chi connectivity index (χ4n) is 6.66. The minimum absolute atomic E-state index is 0.0951. The molecule has 6 nitrogen and oxygen atoms in total. The Morgan fingerprint density at radius 2 is 1.71 bits per heavy atom. The Bertz CT molecular complexity index is 1400. The van der Waals surface area contributed by atoms with E-state index in [1.165, 1.54) is 13.8 Å². The standard InChI is InChI=1S/C33H36FIN2O4/c1-22-30(32(2,3)34)28(19-29(39)36(16-17-38)20-23-10-6-4-7-11-23)41-33(22)26-18-25(35)14-15-27(26)37(31(33)40)21-24-12-8-5-9-13-24/h4-15,18,22,28,30,38H,16-17,19-21H2,1-3H3/t22-,28+,30-,33+/m0/s1. The van der Waals surface area contributed by atoms with E-state index in [0.29, 0.717) is 13.1 Å². The first-order valence-corrected chi connectivity index (χ1v) is 15.1. The Morgan fingerprint density at radius 1 is 1.07 bits per heavy atom. The summed E-state index contributed by atoms with van der Waals surface area (Å²) in [5.74, 6) is -1.73. The molecule has 3 aromatic carbocycles. The molecule has 0 aliphatic carbocycles. The zero-order valence-corrected chi connectivity index (χ0v) is 25.8. The molecule has 0 radical (unpaired) electrons. The van der Waals surface area contributed by atoms with Crippen LogP contribution in [0.2, 0.25) is 0 Å². The number of hydrogen-bond acceptors (Lipinski definition) is 4. The van der Waals surface area contributed by atoms with Crippen LogP contribution in [0.5, 0.6) is 0 Å². The smallest absolute Gasteiger partial charge is 0.264 e. The third-order valence-corrected chi connectivity index (χ3v) is 9.09. The van der Waals surface area contributed by atoms with Gasteiger partial charge in [0.05, 0.1) is 31.4 Å². The van der Waals surface area contributed by atoms with Crippen molar-refractivity contribution in [1.82, 2.24) is 4.90 Å². The van der Waals surface area contributed by atoms with Gasteiger partial charge in [-0.2, -0.15) is 0 Å². The van der Waals surface area contributed by atoms with Gasteiger partial charge in [-0.1, -0.05) is 67.6 Å². The van der Waals surface area contributed by atoms with Crippen molar-refractivity contribution in [1.29, 1.82) is 0 Å². The van der Waals surface area contributed by atoms with E-state index in [2.05, 4.69) is 22.6 Å². The second-order valence-electron chi connectivity index (χ2n) is 11.5. The monoisotopic (exact) mass is 670 g/mol. The van der Waals surface area contributed by atoms with Crippen LogP contribution in [0.25, 0.3) is 0 Å². The third kappa shape index (κ3) is 5.66. The van der Waals surface area contributed by atoms with Crippen molar-refractivity contribution in [2.45, 2.75) is 57.7 Å². The molecule has 2 heterocycles. The average molecular weight is 671 g/mol. The average Bonchev–Trinajstić information content (AvgIpc) is 3.36. The lowest BCUT2D eigenvalue weighted by atomic mass is 9.71. The maximum Gasteiger partial charge on any atom is 0.264 e. The van der Waals surface area contributed by atoms with Crippen LogP contribution in [-0.2, 0) is 33.0 Å². The Kier molecular flexibility index (Phi) is 8.55. The van der Waals surface area contributed by atoms with Crippen molar-refractivity contribution >= 4 is 40.1 Å². The quantitative estimate of drug-likeness (QED) is 0.291. The summed E-state index contributed by atoms with van der Waals surface area (Å²) in [4.78, 5) is 31.4. The second kappa shape index (κ2) is 11.8. The molecule has 2 aliphatic rings. The summed E-state index contributed by atoms with van der Waals surface area (Å²) < 4.78 is 23.7. The highest BCUT2D eigenvalue weighted by Crippen LogP contribution is 2.58. The minimum Gasteiger partial charge on any atom is -0.395 e. The summed E-state index contributed by atoms with van der Waals surface area (Å²) in [7, 11) is 0.